The summed E-state index contributed by atoms with van der Waals surface area (Å²) in [5, 5.41) is 0. The summed E-state index contributed by atoms with van der Waals surface area (Å²) in [5.41, 5.74) is 0. The standard InChI is InChI=1S/C9H4F14O3/c1-24-5(14,15)4(13)26-9(22,23)7(18,19)6(16,17)8(20,21)25-3(12)2(10)11/h4H,1H3. The zero-order valence-corrected chi connectivity index (χ0v) is 11.6. The highest BCUT2D eigenvalue weighted by molar-refractivity contribution is 4.99. The molecule has 0 radical (unpaired) electrons. The Morgan fingerprint density at radius 1 is 0.731 bits per heavy atom. The van der Waals surface area contributed by atoms with Gasteiger partial charge in [0.25, 0.3) is 6.36 Å². The molecule has 0 aromatic carbocycles. The van der Waals surface area contributed by atoms with Crippen LogP contribution in [0.25, 0.3) is 0 Å². The zero-order valence-electron chi connectivity index (χ0n) is 11.6. The Bertz CT molecular complexity index is 526. The quantitative estimate of drug-likeness (QED) is 0.382. The van der Waals surface area contributed by atoms with Crippen LogP contribution in [0, 0.1) is 0 Å². The first-order chi connectivity index (χ1) is 11.3. The van der Waals surface area contributed by atoms with Crippen LogP contribution in [-0.2, 0) is 14.2 Å². The highest BCUT2D eigenvalue weighted by atomic mass is 19.4. The summed E-state index contributed by atoms with van der Waals surface area (Å²) < 4.78 is 183. The maximum Gasteiger partial charge on any atom is 0.473 e. The molecule has 26 heavy (non-hydrogen) atoms. The van der Waals surface area contributed by atoms with E-state index in [9.17, 15) is 61.5 Å². The minimum Gasteiger partial charge on any atom is -0.397 e. The van der Waals surface area contributed by atoms with E-state index in [0.717, 1.165) is 0 Å². The summed E-state index contributed by atoms with van der Waals surface area (Å²) in [6.07, 6.45) is -28.4. The monoisotopic (exact) mass is 426 g/mol. The van der Waals surface area contributed by atoms with Crippen molar-refractivity contribution in [3.63, 3.8) is 0 Å². The fourth-order valence-electron chi connectivity index (χ4n) is 0.946. The van der Waals surface area contributed by atoms with E-state index in [-0.39, 0.29) is 7.11 Å². The third kappa shape index (κ3) is 4.41. The van der Waals surface area contributed by atoms with Crippen molar-refractivity contribution in [3.05, 3.63) is 12.1 Å². The van der Waals surface area contributed by atoms with Crippen molar-refractivity contribution in [3.8, 4) is 0 Å². The van der Waals surface area contributed by atoms with Gasteiger partial charge in [0.1, 0.15) is 0 Å². The summed E-state index contributed by atoms with van der Waals surface area (Å²) in [6, 6.07) is -3.84. The van der Waals surface area contributed by atoms with Crippen molar-refractivity contribution in [1.82, 2.24) is 0 Å². The summed E-state index contributed by atoms with van der Waals surface area (Å²) in [6.45, 7) is 0. The van der Waals surface area contributed by atoms with Gasteiger partial charge in [-0.3, -0.25) is 4.74 Å². The molecule has 0 fully saturated rings. The topological polar surface area (TPSA) is 27.7 Å². The Balaban J connectivity index is 5.84. The van der Waals surface area contributed by atoms with E-state index in [2.05, 4.69) is 4.74 Å². The molecule has 0 bridgehead atoms. The number of methoxy groups -OCH3 is 1. The molecule has 0 heterocycles. The lowest BCUT2D eigenvalue weighted by atomic mass is 10.1. The van der Waals surface area contributed by atoms with Crippen LogP contribution in [0.15, 0.2) is 12.1 Å². The Morgan fingerprint density at radius 2 is 1.12 bits per heavy atom. The average molecular weight is 426 g/mol. The van der Waals surface area contributed by atoms with Gasteiger partial charge in [-0.15, -0.1) is 0 Å². The summed E-state index contributed by atoms with van der Waals surface area (Å²) >= 11 is 0. The minimum absolute atomic E-state index is 0.0660. The lowest BCUT2D eigenvalue weighted by Gasteiger charge is -2.35. The molecule has 0 saturated carbocycles. The molecule has 0 spiro atoms. The SMILES string of the molecule is COC(F)(F)C(F)OC(F)(F)C(F)(F)C(F)(F)C(F)(F)OC(F)=C(F)F. The Kier molecular flexibility index (Phi) is 6.82. The molecule has 3 nitrogen and oxygen atoms in total. The second-order valence-electron chi connectivity index (χ2n) is 4.02. The van der Waals surface area contributed by atoms with E-state index in [1.54, 1.807) is 0 Å². The van der Waals surface area contributed by atoms with Crippen molar-refractivity contribution in [1.29, 1.82) is 0 Å². The van der Waals surface area contributed by atoms with Gasteiger partial charge in [0.2, 0.25) is 0 Å². The van der Waals surface area contributed by atoms with Crippen LogP contribution in [-0.4, -0.2) is 43.6 Å². The minimum atomic E-state index is -7.58. The third-order valence-electron chi connectivity index (χ3n) is 2.28. The number of hydrogen-bond donors (Lipinski definition) is 0. The van der Waals surface area contributed by atoms with Gasteiger partial charge in [0.05, 0.1) is 0 Å². The molecule has 156 valence electrons. The van der Waals surface area contributed by atoms with Gasteiger partial charge in [-0.2, -0.15) is 57.1 Å². The predicted molar refractivity (Wildman–Crippen MR) is 49.2 cm³/mol. The summed E-state index contributed by atoms with van der Waals surface area (Å²) in [4.78, 5) is 0. The highest BCUT2D eigenvalue weighted by Crippen LogP contribution is 2.54. The highest BCUT2D eigenvalue weighted by Gasteiger charge is 2.84. The second kappa shape index (κ2) is 7.24. The molecule has 17 heteroatoms. The number of alkyl halides is 11. The molecule has 0 rings (SSSR count). The van der Waals surface area contributed by atoms with Gasteiger partial charge in [0.15, 0.2) is 0 Å². The molecule has 0 amide bonds. The van der Waals surface area contributed by atoms with Gasteiger partial charge in [-0.25, -0.2) is 4.39 Å². The van der Waals surface area contributed by atoms with Crippen LogP contribution in [0.2, 0.25) is 0 Å². The molecule has 0 aromatic heterocycles. The molecule has 0 aliphatic rings. The Labute approximate surface area is 133 Å². The van der Waals surface area contributed by atoms with Crippen LogP contribution in [0.3, 0.4) is 0 Å². The first-order valence-corrected chi connectivity index (χ1v) is 5.42. The van der Waals surface area contributed by atoms with Crippen molar-refractivity contribution in [2.75, 3.05) is 7.11 Å². The van der Waals surface area contributed by atoms with Gasteiger partial charge >= 0.3 is 42.3 Å². The van der Waals surface area contributed by atoms with E-state index in [0.29, 0.717) is 0 Å². The van der Waals surface area contributed by atoms with E-state index in [1.165, 1.54) is 0 Å². The largest absolute Gasteiger partial charge is 0.473 e. The lowest BCUT2D eigenvalue weighted by molar-refractivity contribution is -0.483. The molecule has 0 N–H and O–H groups in total. The van der Waals surface area contributed by atoms with Crippen LogP contribution >= 0.6 is 0 Å². The number of rotatable bonds is 9. The molecule has 0 aliphatic carbocycles. The molecule has 0 saturated heterocycles. The van der Waals surface area contributed by atoms with Crippen molar-refractivity contribution < 1.29 is 75.7 Å². The normalized spacial score (nSPS) is 15.7. The van der Waals surface area contributed by atoms with E-state index >= 15 is 0 Å². The van der Waals surface area contributed by atoms with E-state index in [4.69, 9.17) is 0 Å². The van der Waals surface area contributed by atoms with Gasteiger partial charge < -0.3 is 9.47 Å². The predicted octanol–water partition coefficient (Wildman–Crippen LogP) is 5.05. The van der Waals surface area contributed by atoms with Crippen LogP contribution in [0.5, 0.6) is 0 Å². The first kappa shape index (κ1) is 24.5. The number of halogens is 14. The second-order valence-corrected chi connectivity index (χ2v) is 4.02. The van der Waals surface area contributed by atoms with Crippen LogP contribution in [0.1, 0.15) is 0 Å². The van der Waals surface area contributed by atoms with Gasteiger partial charge in [0, 0.05) is 7.11 Å². The Morgan fingerprint density at radius 3 is 1.46 bits per heavy atom. The first-order valence-electron chi connectivity index (χ1n) is 5.42. The molecular formula is C9H4F14O3. The molecule has 0 aromatic rings. The fraction of sp³-hybridized carbons (Fsp3) is 0.778. The molecule has 1 unspecified atom stereocenters. The molecular weight excluding hydrogens is 422 g/mol. The maximum atomic E-state index is 13.0. The molecule has 0 aliphatic heterocycles. The van der Waals surface area contributed by atoms with Gasteiger partial charge in [-0.05, 0) is 0 Å². The Hall–Kier alpha value is -1.52. The zero-order chi connectivity index (χ0) is 21.4. The smallest absolute Gasteiger partial charge is 0.397 e. The fourth-order valence-corrected chi connectivity index (χ4v) is 0.946. The lowest BCUT2D eigenvalue weighted by Crippen LogP contribution is -2.64. The third-order valence-corrected chi connectivity index (χ3v) is 2.28. The average Bonchev–Trinajstić information content (AvgIpc) is 2.45. The van der Waals surface area contributed by atoms with Crippen LogP contribution in [0.4, 0.5) is 61.5 Å². The van der Waals surface area contributed by atoms with E-state index < -0.39 is 48.6 Å². The van der Waals surface area contributed by atoms with Crippen molar-refractivity contribution in [2.45, 2.75) is 36.5 Å². The number of hydrogen-bond acceptors (Lipinski definition) is 3. The van der Waals surface area contributed by atoms with Crippen LogP contribution < -0.4 is 0 Å². The van der Waals surface area contributed by atoms with Crippen molar-refractivity contribution in [2.24, 2.45) is 0 Å². The van der Waals surface area contributed by atoms with E-state index in [1.807, 2.05) is 9.47 Å². The number of ether oxygens (including phenoxy) is 3. The summed E-state index contributed by atoms with van der Waals surface area (Å²) in [5.74, 6) is -15.1. The van der Waals surface area contributed by atoms with Gasteiger partial charge in [-0.1, -0.05) is 0 Å². The molecule has 1 atom stereocenters. The van der Waals surface area contributed by atoms with Crippen molar-refractivity contribution >= 4 is 0 Å². The maximum absolute atomic E-state index is 13.0. The summed E-state index contributed by atoms with van der Waals surface area (Å²) in [7, 11) is -0.0660.